The molecule has 1 aliphatic carbocycles. The Hall–Kier alpha value is -4.10. The Morgan fingerprint density at radius 1 is 0.606 bits per heavy atom. The van der Waals surface area contributed by atoms with Gasteiger partial charge in [-0.25, -0.2) is 0 Å². The van der Waals surface area contributed by atoms with E-state index in [1.807, 2.05) is 0 Å². The summed E-state index contributed by atoms with van der Waals surface area (Å²) in [5, 5.41) is 9.21. The molecule has 0 bridgehead atoms. The Morgan fingerprint density at radius 3 is 1.97 bits per heavy atom. The van der Waals surface area contributed by atoms with E-state index < -0.39 is 0 Å². The Morgan fingerprint density at radius 2 is 1.24 bits per heavy atom. The van der Waals surface area contributed by atoms with Crippen molar-refractivity contribution in [3.8, 4) is 5.69 Å². The summed E-state index contributed by atoms with van der Waals surface area (Å²) in [4.78, 5) is 0. The van der Waals surface area contributed by atoms with Gasteiger partial charge in [-0.3, -0.25) is 0 Å². The molecule has 0 aliphatic heterocycles. The van der Waals surface area contributed by atoms with Gasteiger partial charge in [-0.05, 0) is 75.5 Å². The fraction of sp³-hybridized carbons (Fsp3) is 0.0625. The normalized spacial score (nSPS) is 13.2. The van der Waals surface area contributed by atoms with Gasteiger partial charge in [0.2, 0.25) is 0 Å². The lowest BCUT2D eigenvalue weighted by atomic mass is 9.94. The smallest absolute Gasteiger partial charge is 0.0543 e. The van der Waals surface area contributed by atoms with Gasteiger partial charge in [0.15, 0.2) is 0 Å². The molecule has 6 aromatic rings. The third-order valence-corrected chi connectivity index (χ3v) is 7.10. The van der Waals surface area contributed by atoms with Crippen LogP contribution in [0.4, 0.5) is 0 Å². The fourth-order valence-corrected chi connectivity index (χ4v) is 5.66. The quantitative estimate of drug-likeness (QED) is 0.234. The number of rotatable bonds is 1. The summed E-state index contributed by atoms with van der Waals surface area (Å²) in [6, 6.07) is 31.2. The molecule has 1 heterocycles. The number of nitrogens with zero attached hydrogens (tertiary/aromatic N) is 1. The molecule has 0 amide bonds. The SMILES string of the molecule is Cc1cccc2c1c1c(n2-c2ccc3c4ccccc4c4ccccc4c3c2)C=CCC=C1. The van der Waals surface area contributed by atoms with Gasteiger partial charge in [0.25, 0.3) is 0 Å². The van der Waals surface area contributed by atoms with E-state index in [1.54, 1.807) is 0 Å². The van der Waals surface area contributed by atoms with Crippen molar-refractivity contribution in [2.75, 3.05) is 0 Å². The van der Waals surface area contributed by atoms with Crippen LogP contribution < -0.4 is 0 Å². The van der Waals surface area contributed by atoms with Crippen LogP contribution in [0.5, 0.6) is 0 Å². The fourth-order valence-electron chi connectivity index (χ4n) is 5.66. The highest BCUT2D eigenvalue weighted by atomic mass is 15.0. The Bertz CT molecular complexity index is 1760. The van der Waals surface area contributed by atoms with Gasteiger partial charge < -0.3 is 4.57 Å². The van der Waals surface area contributed by atoms with E-state index in [0.717, 1.165) is 6.42 Å². The number of aryl methyl sites for hydroxylation is 1. The van der Waals surface area contributed by atoms with Crippen LogP contribution in [0.2, 0.25) is 0 Å². The van der Waals surface area contributed by atoms with Crippen molar-refractivity contribution < 1.29 is 0 Å². The Labute approximate surface area is 192 Å². The molecule has 0 atom stereocenters. The molecular formula is C32H23N. The minimum absolute atomic E-state index is 0.969. The molecule has 1 nitrogen and oxygen atoms in total. The third kappa shape index (κ3) is 2.60. The highest BCUT2D eigenvalue weighted by Crippen LogP contribution is 2.39. The van der Waals surface area contributed by atoms with Gasteiger partial charge in [-0.15, -0.1) is 0 Å². The van der Waals surface area contributed by atoms with Crippen molar-refractivity contribution >= 4 is 55.4 Å². The van der Waals surface area contributed by atoms with Gasteiger partial charge in [0.05, 0.1) is 11.2 Å². The number of hydrogen-bond acceptors (Lipinski definition) is 0. The van der Waals surface area contributed by atoms with Gasteiger partial charge in [0.1, 0.15) is 0 Å². The maximum Gasteiger partial charge on any atom is 0.0543 e. The second-order valence-corrected chi connectivity index (χ2v) is 8.96. The molecule has 33 heavy (non-hydrogen) atoms. The summed E-state index contributed by atoms with van der Waals surface area (Å²) in [7, 11) is 0. The van der Waals surface area contributed by atoms with E-state index in [-0.39, 0.29) is 0 Å². The zero-order valence-corrected chi connectivity index (χ0v) is 18.5. The van der Waals surface area contributed by atoms with Crippen molar-refractivity contribution in [3.63, 3.8) is 0 Å². The van der Waals surface area contributed by atoms with Crippen LogP contribution in [0.1, 0.15) is 23.2 Å². The van der Waals surface area contributed by atoms with E-state index >= 15 is 0 Å². The number of aromatic nitrogens is 1. The largest absolute Gasteiger partial charge is 0.309 e. The first kappa shape index (κ1) is 18.5. The van der Waals surface area contributed by atoms with E-state index in [1.165, 1.54) is 65.7 Å². The van der Waals surface area contributed by atoms with Gasteiger partial charge in [-0.2, -0.15) is 0 Å². The molecule has 0 spiro atoms. The van der Waals surface area contributed by atoms with Crippen LogP contribution >= 0.6 is 0 Å². The molecule has 156 valence electrons. The van der Waals surface area contributed by atoms with Crippen molar-refractivity contribution in [1.82, 2.24) is 4.57 Å². The molecule has 1 heteroatoms. The highest BCUT2D eigenvalue weighted by molar-refractivity contribution is 6.25. The lowest BCUT2D eigenvalue weighted by Crippen LogP contribution is -1.97. The third-order valence-electron chi connectivity index (χ3n) is 7.10. The zero-order chi connectivity index (χ0) is 21.9. The Kier molecular flexibility index (Phi) is 3.89. The first-order valence-corrected chi connectivity index (χ1v) is 11.6. The second kappa shape index (κ2) is 6.95. The summed E-state index contributed by atoms with van der Waals surface area (Å²) in [6.07, 6.45) is 10.1. The highest BCUT2D eigenvalue weighted by Gasteiger charge is 2.18. The average molecular weight is 422 g/mol. The summed E-state index contributed by atoms with van der Waals surface area (Å²) >= 11 is 0. The van der Waals surface area contributed by atoms with E-state index in [2.05, 4.69) is 121 Å². The monoisotopic (exact) mass is 421 g/mol. The van der Waals surface area contributed by atoms with Gasteiger partial charge in [-0.1, -0.05) is 85.0 Å². The van der Waals surface area contributed by atoms with E-state index in [0.29, 0.717) is 0 Å². The molecule has 0 radical (unpaired) electrons. The molecule has 0 N–H and O–H groups in total. The summed E-state index contributed by atoms with van der Waals surface area (Å²) < 4.78 is 2.44. The molecule has 1 aliphatic rings. The topological polar surface area (TPSA) is 4.93 Å². The van der Waals surface area contributed by atoms with E-state index in [9.17, 15) is 0 Å². The van der Waals surface area contributed by atoms with Crippen LogP contribution in [0.15, 0.2) is 97.1 Å². The molecule has 1 aromatic heterocycles. The lowest BCUT2D eigenvalue weighted by molar-refractivity contribution is 1.11. The standard InChI is InChI=1S/C32H23N/c1-21-10-9-17-31-32(21)28-15-3-2-4-16-30(28)33(31)22-18-19-27-25-13-6-5-11-23(25)24-12-7-8-14-26(24)29(27)20-22/h3-20H,2H2,1H3. The van der Waals surface area contributed by atoms with Crippen molar-refractivity contribution in [2.24, 2.45) is 0 Å². The predicted molar refractivity (Wildman–Crippen MR) is 143 cm³/mol. The molecule has 0 saturated heterocycles. The summed E-state index contributed by atoms with van der Waals surface area (Å²) in [6.45, 7) is 2.22. The predicted octanol–water partition coefficient (Wildman–Crippen LogP) is 8.83. The average Bonchev–Trinajstić information content (AvgIpc) is 2.99. The lowest BCUT2D eigenvalue weighted by Gasteiger charge is -2.14. The molecule has 0 saturated carbocycles. The van der Waals surface area contributed by atoms with Gasteiger partial charge in [0, 0.05) is 16.6 Å². The number of hydrogen-bond donors (Lipinski definition) is 0. The maximum absolute atomic E-state index is 2.44. The maximum atomic E-state index is 2.44. The van der Waals surface area contributed by atoms with E-state index in [4.69, 9.17) is 0 Å². The second-order valence-electron chi connectivity index (χ2n) is 8.96. The number of fused-ring (bicyclic) bond motifs is 9. The van der Waals surface area contributed by atoms with Crippen molar-refractivity contribution in [1.29, 1.82) is 0 Å². The minimum Gasteiger partial charge on any atom is -0.309 e. The minimum atomic E-state index is 0.969. The molecule has 7 rings (SSSR count). The van der Waals surface area contributed by atoms with Crippen LogP contribution in [-0.2, 0) is 0 Å². The summed E-state index contributed by atoms with van der Waals surface area (Å²) in [5.41, 5.74) is 6.37. The van der Waals surface area contributed by atoms with Crippen LogP contribution in [0.3, 0.4) is 0 Å². The summed E-state index contributed by atoms with van der Waals surface area (Å²) in [5.74, 6) is 0. The number of benzene rings is 5. The molecule has 0 unspecified atom stereocenters. The number of allylic oxidation sites excluding steroid dienone is 2. The first-order chi connectivity index (χ1) is 16.3. The van der Waals surface area contributed by atoms with Gasteiger partial charge >= 0.3 is 0 Å². The van der Waals surface area contributed by atoms with Crippen LogP contribution in [0, 0.1) is 6.92 Å². The zero-order valence-electron chi connectivity index (χ0n) is 18.5. The Balaban J connectivity index is 1.64. The van der Waals surface area contributed by atoms with Crippen molar-refractivity contribution in [2.45, 2.75) is 13.3 Å². The first-order valence-electron chi connectivity index (χ1n) is 11.6. The van der Waals surface area contributed by atoms with Crippen LogP contribution in [-0.4, -0.2) is 4.57 Å². The van der Waals surface area contributed by atoms with Crippen LogP contribution in [0.25, 0.3) is 61.1 Å². The molecule has 0 fully saturated rings. The molecular weight excluding hydrogens is 398 g/mol. The molecule has 5 aromatic carbocycles. The van der Waals surface area contributed by atoms with Crippen molar-refractivity contribution in [3.05, 3.63) is 114 Å².